The van der Waals surface area contributed by atoms with E-state index in [4.69, 9.17) is 16.6 Å². The smallest absolute Gasteiger partial charge is 0.191 e. The average Bonchev–Trinajstić information content (AvgIpc) is 3.07. The van der Waals surface area contributed by atoms with Crippen molar-refractivity contribution in [3.63, 3.8) is 0 Å². The maximum absolute atomic E-state index is 14.3. The quantitative estimate of drug-likeness (QED) is 0.360. The van der Waals surface area contributed by atoms with E-state index in [1.165, 1.54) is 6.07 Å². The van der Waals surface area contributed by atoms with Crippen LogP contribution in [0.25, 0.3) is 0 Å². The molecule has 1 aromatic heterocycles. The topological polar surface area (TPSA) is 67.1 Å². The Morgan fingerprint density at radius 3 is 2.93 bits per heavy atom. The Bertz CT molecular complexity index is 802. The summed E-state index contributed by atoms with van der Waals surface area (Å²) < 4.78 is 16.2. The number of halogens is 3. The Labute approximate surface area is 187 Å². The summed E-state index contributed by atoms with van der Waals surface area (Å²) in [6.45, 7) is 7.83. The third-order valence-electron chi connectivity index (χ3n) is 4.76. The van der Waals surface area contributed by atoms with Crippen LogP contribution in [-0.2, 0) is 18.4 Å². The molecule has 154 valence electrons. The number of nitrogens with zero attached hydrogens (tertiary/aromatic N) is 4. The van der Waals surface area contributed by atoms with E-state index in [9.17, 15) is 4.39 Å². The van der Waals surface area contributed by atoms with Crippen molar-refractivity contribution in [1.82, 2.24) is 25.4 Å². The molecular weight excluding hydrogens is 494 g/mol. The molecule has 1 unspecified atom stereocenters. The zero-order valence-corrected chi connectivity index (χ0v) is 19.5. The second-order valence-electron chi connectivity index (χ2n) is 7.41. The zero-order chi connectivity index (χ0) is 19.4. The SMILES string of the molecule is CCNC(=NCC(C)(C)c1c(F)cccc1Cl)NC1CCc2ncnn2C1.I. The molecule has 0 spiro atoms. The van der Waals surface area contributed by atoms with Crippen molar-refractivity contribution in [3.8, 4) is 0 Å². The van der Waals surface area contributed by atoms with Gasteiger partial charge in [0.2, 0.25) is 0 Å². The van der Waals surface area contributed by atoms with E-state index in [1.54, 1.807) is 18.5 Å². The van der Waals surface area contributed by atoms with Crippen LogP contribution in [0.3, 0.4) is 0 Å². The first kappa shape index (κ1) is 22.9. The number of nitrogens with one attached hydrogen (secondary N) is 2. The summed E-state index contributed by atoms with van der Waals surface area (Å²) in [5, 5.41) is 11.4. The third-order valence-corrected chi connectivity index (χ3v) is 5.08. The fourth-order valence-electron chi connectivity index (χ4n) is 3.37. The van der Waals surface area contributed by atoms with E-state index in [1.807, 2.05) is 25.5 Å². The Balaban J connectivity index is 0.00000280. The first-order valence-corrected chi connectivity index (χ1v) is 9.64. The molecule has 9 heteroatoms. The summed E-state index contributed by atoms with van der Waals surface area (Å²) in [6, 6.07) is 4.99. The molecule has 2 heterocycles. The van der Waals surface area contributed by atoms with Crippen molar-refractivity contribution in [2.24, 2.45) is 4.99 Å². The summed E-state index contributed by atoms with van der Waals surface area (Å²) in [7, 11) is 0. The molecule has 1 aliphatic heterocycles. The van der Waals surface area contributed by atoms with Gasteiger partial charge in [0.15, 0.2) is 5.96 Å². The summed E-state index contributed by atoms with van der Waals surface area (Å²) >= 11 is 6.25. The zero-order valence-electron chi connectivity index (χ0n) is 16.4. The van der Waals surface area contributed by atoms with Crippen molar-refractivity contribution >= 4 is 41.5 Å². The van der Waals surface area contributed by atoms with Crippen LogP contribution >= 0.6 is 35.6 Å². The predicted octanol–water partition coefficient (Wildman–Crippen LogP) is 3.54. The molecule has 28 heavy (non-hydrogen) atoms. The molecule has 2 N–H and O–H groups in total. The van der Waals surface area contributed by atoms with Gasteiger partial charge in [0.05, 0.1) is 13.1 Å². The Hall–Kier alpha value is -1.42. The third kappa shape index (κ3) is 5.34. The highest BCUT2D eigenvalue weighted by Gasteiger charge is 2.27. The molecule has 0 saturated carbocycles. The van der Waals surface area contributed by atoms with Gasteiger partial charge in [-0.1, -0.05) is 31.5 Å². The van der Waals surface area contributed by atoms with E-state index in [0.717, 1.165) is 31.8 Å². The maximum atomic E-state index is 14.3. The number of aromatic nitrogens is 3. The second kappa shape index (κ2) is 9.87. The average molecular weight is 521 g/mol. The highest BCUT2D eigenvalue weighted by atomic mass is 127. The monoisotopic (exact) mass is 520 g/mol. The lowest BCUT2D eigenvalue weighted by atomic mass is 9.84. The van der Waals surface area contributed by atoms with Crippen LogP contribution in [0.2, 0.25) is 5.02 Å². The number of aliphatic imine (C=N–C) groups is 1. The van der Waals surface area contributed by atoms with Gasteiger partial charge in [-0.2, -0.15) is 5.10 Å². The van der Waals surface area contributed by atoms with Crippen molar-refractivity contribution in [3.05, 3.63) is 46.8 Å². The van der Waals surface area contributed by atoms with E-state index in [2.05, 4.69) is 20.7 Å². The van der Waals surface area contributed by atoms with Crippen LogP contribution in [-0.4, -0.2) is 39.9 Å². The van der Waals surface area contributed by atoms with Crippen molar-refractivity contribution in [1.29, 1.82) is 0 Å². The minimum atomic E-state index is -0.531. The molecule has 0 aliphatic carbocycles. The Kier molecular flexibility index (Phi) is 8.06. The summed E-state index contributed by atoms with van der Waals surface area (Å²) in [4.78, 5) is 8.96. The number of rotatable bonds is 5. The van der Waals surface area contributed by atoms with Crippen molar-refractivity contribution in [2.75, 3.05) is 13.1 Å². The fourth-order valence-corrected chi connectivity index (χ4v) is 3.79. The van der Waals surface area contributed by atoms with Gasteiger partial charge in [0.1, 0.15) is 18.0 Å². The molecule has 1 atom stereocenters. The fraction of sp³-hybridized carbons (Fsp3) is 0.526. The van der Waals surface area contributed by atoms with E-state index in [-0.39, 0.29) is 35.8 Å². The first-order chi connectivity index (χ1) is 12.9. The molecule has 2 aromatic rings. The highest BCUT2D eigenvalue weighted by molar-refractivity contribution is 14.0. The number of aryl methyl sites for hydroxylation is 1. The summed E-state index contributed by atoms with van der Waals surface area (Å²) in [5.74, 6) is 1.43. The van der Waals surface area contributed by atoms with Crippen LogP contribution in [0.1, 0.15) is 38.6 Å². The van der Waals surface area contributed by atoms with Gasteiger partial charge >= 0.3 is 0 Å². The number of guanidine groups is 1. The molecule has 0 saturated heterocycles. The minimum Gasteiger partial charge on any atom is -0.357 e. The highest BCUT2D eigenvalue weighted by Crippen LogP contribution is 2.32. The van der Waals surface area contributed by atoms with Gasteiger partial charge in [0, 0.05) is 35.0 Å². The van der Waals surface area contributed by atoms with Crippen LogP contribution in [0.4, 0.5) is 4.39 Å². The van der Waals surface area contributed by atoms with Crippen molar-refractivity contribution in [2.45, 2.75) is 51.6 Å². The molecular formula is C19H27ClFIN6. The van der Waals surface area contributed by atoms with E-state index >= 15 is 0 Å². The number of hydrogen-bond donors (Lipinski definition) is 2. The molecule has 0 fully saturated rings. The van der Waals surface area contributed by atoms with Gasteiger partial charge in [-0.05, 0) is 25.5 Å². The van der Waals surface area contributed by atoms with Crippen molar-refractivity contribution < 1.29 is 4.39 Å². The Morgan fingerprint density at radius 1 is 1.43 bits per heavy atom. The lowest BCUT2D eigenvalue weighted by molar-refractivity contribution is 0.392. The predicted molar refractivity (Wildman–Crippen MR) is 121 cm³/mol. The molecule has 0 bridgehead atoms. The molecule has 1 aliphatic rings. The summed E-state index contributed by atoms with van der Waals surface area (Å²) in [5.41, 5.74) is -0.0349. The Morgan fingerprint density at radius 2 is 2.21 bits per heavy atom. The number of benzene rings is 1. The summed E-state index contributed by atoms with van der Waals surface area (Å²) in [6.07, 6.45) is 3.44. The molecule has 3 rings (SSSR count). The van der Waals surface area contributed by atoms with Gasteiger partial charge in [0.25, 0.3) is 0 Å². The second-order valence-corrected chi connectivity index (χ2v) is 7.82. The number of fused-ring (bicyclic) bond motifs is 1. The van der Waals surface area contributed by atoms with Gasteiger partial charge < -0.3 is 10.6 Å². The molecule has 0 radical (unpaired) electrons. The number of hydrogen-bond acceptors (Lipinski definition) is 3. The van der Waals surface area contributed by atoms with Crippen LogP contribution in [0.15, 0.2) is 29.5 Å². The van der Waals surface area contributed by atoms with E-state index < -0.39 is 5.41 Å². The van der Waals surface area contributed by atoms with Crippen LogP contribution < -0.4 is 10.6 Å². The lowest BCUT2D eigenvalue weighted by Gasteiger charge is -2.28. The molecule has 6 nitrogen and oxygen atoms in total. The molecule has 1 aromatic carbocycles. The van der Waals surface area contributed by atoms with Crippen LogP contribution in [0.5, 0.6) is 0 Å². The lowest BCUT2D eigenvalue weighted by Crippen LogP contribution is -2.47. The van der Waals surface area contributed by atoms with Gasteiger partial charge in [-0.3, -0.25) is 4.99 Å². The molecule has 0 amide bonds. The maximum Gasteiger partial charge on any atom is 0.191 e. The van der Waals surface area contributed by atoms with E-state index in [0.29, 0.717) is 23.1 Å². The van der Waals surface area contributed by atoms with Crippen LogP contribution in [0, 0.1) is 5.82 Å². The minimum absolute atomic E-state index is 0. The standard InChI is InChI=1S/C19H26ClFN6.HI/c1-4-22-18(26-13-8-9-16-24-12-25-27(16)10-13)23-11-19(2,3)17-14(20)6-5-7-15(17)21;/h5-7,12-13H,4,8-11H2,1-3H3,(H2,22,23,26);1H. The largest absolute Gasteiger partial charge is 0.357 e. The van der Waals surface area contributed by atoms with Gasteiger partial charge in [-0.25, -0.2) is 14.1 Å². The van der Waals surface area contributed by atoms with Gasteiger partial charge in [-0.15, -0.1) is 24.0 Å². The normalized spacial score (nSPS) is 16.9. The first-order valence-electron chi connectivity index (χ1n) is 9.26.